The van der Waals surface area contributed by atoms with Gasteiger partial charge in [-0.3, -0.25) is 19.6 Å². The molecule has 0 unspecified atom stereocenters. The fraction of sp³-hybridized carbons (Fsp3) is 0.426. The van der Waals surface area contributed by atoms with Crippen LogP contribution in [0.3, 0.4) is 0 Å². The number of methoxy groups -OCH3 is 2. The third-order valence-corrected chi connectivity index (χ3v) is 25.3. The SMILES string of the molecule is COc1cc(N2CCN(C)CC2)ccc1N.COc1cc(N2CCN(C)CC2)ccc1Nc1ncc2c(n1)N(C1CCC1)C(=O)N(c1c(C)cccc1C)C2.Cc1cccc(C)c1N1Cc2cnc(Cl)nc2N(C2CCC2)C1=O.Cc1cccc(C)c1NCc1cnc(Cl)nc1Cl.Cc1cccc(C)c1NCc1cnc(Cl)nc1NC1CCC1.NC1CCC1. The number of para-hydroxylation sites is 4. The molecule has 10 aromatic rings. The maximum atomic E-state index is 13.9. The van der Waals surface area contributed by atoms with Gasteiger partial charge in [-0.15, -0.1) is 0 Å². The number of ether oxygens (including phenoxy) is 2. The van der Waals surface area contributed by atoms with Gasteiger partial charge in [-0.05, 0) is 244 Å². The number of fused-ring (bicyclic) bond motifs is 2. The highest BCUT2D eigenvalue weighted by Crippen LogP contribution is 2.43. The molecular formula is C94H118Cl4N22O4. The second-order valence-corrected chi connectivity index (χ2v) is 34.7. The number of nitrogens with zero attached hydrogens (tertiary/aromatic N) is 16. The van der Waals surface area contributed by atoms with E-state index in [-0.39, 0.29) is 40.0 Å². The number of aromatic nitrogens is 8. The van der Waals surface area contributed by atoms with Gasteiger partial charge >= 0.3 is 12.1 Å². The lowest BCUT2D eigenvalue weighted by atomic mass is 9.90. The number of benzene rings is 6. The van der Waals surface area contributed by atoms with Crippen molar-refractivity contribution in [1.82, 2.24) is 49.7 Å². The minimum absolute atomic E-state index is 0.0108. The predicted octanol–water partition coefficient (Wildman–Crippen LogP) is 19.2. The topological polar surface area (TPSA) is 282 Å². The Morgan fingerprint density at radius 2 is 0.863 bits per heavy atom. The van der Waals surface area contributed by atoms with Crippen molar-refractivity contribution >= 4 is 127 Å². The smallest absolute Gasteiger partial charge is 0.330 e. The van der Waals surface area contributed by atoms with Crippen LogP contribution in [-0.2, 0) is 26.2 Å². The normalized spacial score (nSPS) is 16.5. The highest BCUT2D eigenvalue weighted by molar-refractivity contribution is 6.32. The number of nitrogens with one attached hydrogen (secondary N) is 4. The van der Waals surface area contributed by atoms with Crippen molar-refractivity contribution in [2.45, 2.75) is 183 Å². The van der Waals surface area contributed by atoms with E-state index in [1.807, 2.05) is 88.2 Å². The summed E-state index contributed by atoms with van der Waals surface area (Å²) in [7, 11) is 7.64. The molecule has 656 valence electrons. The monoisotopic (exact) mass is 1760 g/mol. The molecule has 4 aliphatic carbocycles. The molecule has 124 heavy (non-hydrogen) atoms. The molecule has 6 aromatic carbocycles. The molecule has 8 aliphatic rings. The summed E-state index contributed by atoms with van der Waals surface area (Å²) in [6.45, 7) is 27.1. The van der Waals surface area contributed by atoms with E-state index in [1.54, 1.807) is 32.8 Å². The van der Waals surface area contributed by atoms with Crippen LogP contribution in [0, 0.1) is 55.4 Å². The number of piperazine rings is 2. The lowest BCUT2D eigenvalue weighted by molar-refractivity contribution is 0.241. The van der Waals surface area contributed by atoms with Crippen molar-refractivity contribution in [3.63, 3.8) is 0 Å². The highest BCUT2D eigenvalue weighted by Gasteiger charge is 2.42. The quantitative estimate of drug-likeness (QED) is 0.0264. The average molecular weight is 1760 g/mol. The van der Waals surface area contributed by atoms with Gasteiger partial charge in [0.1, 0.15) is 34.1 Å². The number of carbonyl (C=O) groups excluding carboxylic acids is 2. The number of rotatable bonds is 18. The number of likely N-dealkylation sites (N-methyl/N-ethyl adjacent to an activating group) is 2. The van der Waals surface area contributed by atoms with E-state index in [0.717, 1.165) is 181 Å². The highest BCUT2D eigenvalue weighted by atomic mass is 35.5. The van der Waals surface area contributed by atoms with Crippen molar-refractivity contribution in [2.24, 2.45) is 5.73 Å². The van der Waals surface area contributed by atoms with Crippen molar-refractivity contribution in [3.8, 4) is 11.5 Å². The fourth-order valence-electron chi connectivity index (χ4n) is 16.1. The third-order valence-electron chi connectivity index (χ3n) is 24.4. The van der Waals surface area contributed by atoms with Crippen molar-refractivity contribution in [1.29, 1.82) is 0 Å². The summed E-state index contributed by atoms with van der Waals surface area (Å²) in [5.74, 6) is 4.18. The molecule has 0 bridgehead atoms. The Balaban J connectivity index is 0.000000136. The Hall–Kier alpha value is -10.6. The van der Waals surface area contributed by atoms with Gasteiger partial charge in [-0.25, -0.2) is 39.5 Å². The number of urea groups is 2. The van der Waals surface area contributed by atoms with Gasteiger partial charge in [-0.1, -0.05) is 90.8 Å². The van der Waals surface area contributed by atoms with E-state index in [1.165, 1.54) is 72.2 Å². The molecule has 4 amide bonds. The lowest BCUT2D eigenvalue weighted by Gasteiger charge is -2.44. The zero-order valence-electron chi connectivity index (χ0n) is 73.4. The molecule has 4 aliphatic heterocycles. The maximum Gasteiger partial charge on any atom is 0.330 e. The van der Waals surface area contributed by atoms with E-state index in [9.17, 15) is 9.59 Å². The molecule has 0 spiro atoms. The second kappa shape index (κ2) is 42.4. The fourth-order valence-corrected chi connectivity index (χ4v) is 16.8. The van der Waals surface area contributed by atoms with Crippen LogP contribution in [-0.4, -0.2) is 167 Å². The van der Waals surface area contributed by atoms with Crippen LogP contribution in [0.2, 0.25) is 21.0 Å². The molecule has 8 N–H and O–H groups in total. The van der Waals surface area contributed by atoms with Crippen molar-refractivity contribution in [3.05, 3.63) is 222 Å². The Morgan fingerprint density at radius 3 is 1.30 bits per heavy atom. The number of anilines is 12. The number of halogens is 4. The van der Waals surface area contributed by atoms with Gasteiger partial charge in [0.15, 0.2) is 0 Å². The molecular weight excluding hydrogens is 1640 g/mol. The van der Waals surface area contributed by atoms with Crippen LogP contribution in [0.25, 0.3) is 0 Å². The number of carbonyl (C=O) groups is 2. The first-order valence-corrected chi connectivity index (χ1v) is 44.6. The number of hydrogen-bond acceptors (Lipinski definition) is 22. The molecule has 26 nitrogen and oxygen atoms in total. The zero-order valence-corrected chi connectivity index (χ0v) is 76.5. The number of amides is 4. The summed E-state index contributed by atoms with van der Waals surface area (Å²) in [4.78, 5) is 78.5. The van der Waals surface area contributed by atoms with E-state index in [2.05, 4.69) is 192 Å². The number of nitrogen functional groups attached to an aromatic ring is 1. The second-order valence-electron chi connectivity index (χ2n) is 33.3. The number of aryl methyl sites for hydroxylation is 8. The van der Waals surface area contributed by atoms with Crippen molar-refractivity contribution in [2.75, 3.05) is 137 Å². The summed E-state index contributed by atoms with van der Waals surface area (Å²) < 4.78 is 11.0. The number of nitrogens with two attached hydrogens (primary N) is 2. The average Bonchev–Trinajstić information content (AvgIpc) is 0.753. The summed E-state index contributed by atoms with van der Waals surface area (Å²) in [6, 6.07) is 38.3. The van der Waals surface area contributed by atoms with Crippen LogP contribution in [0.1, 0.15) is 144 Å². The van der Waals surface area contributed by atoms with E-state index >= 15 is 0 Å². The van der Waals surface area contributed by atoms with Gasteiger partial charge in [0.25, 0.3) is 0 Å². The molecule has 0 atom stereocenters. The van der Waals surface area contributed by atoms with Gasteiger partial charge in [0.05, 0.1) is 50.1 Å². The Labute approximate surface area is 750 Å². The standard InChI is InChI=1S/C30H37N7O2.C18H19ClN4O.C17H21ClN4.C13H13Cl2N3.C12H19N3O.C4H9N/c1-20-7-5-8-21(2)27(20)36-19-22-18-31-29(33-28(22)37(30(36)38)23-9-6-10-23)32-25-12-11-24(17-26(25)39-4)35-15-13-34(3)14-16-35;1-11-5-3-6-12(2)15(11)22-10-13-9-20-17(19)21-16(13)23(18(22)24)14-7-4-8-14;1-11-5-3-6-12(2)15(11)19-9-13-10-20-17(18)22-16(13)21-14-7-4-8-14;1-8-4-3-5-9(2)11(8)16-6-10-7-17-13(15)18-12(10)14;1-14-5-7-15(8-6-14)10-3-4-11(13)12(9-10)16-2;5-4-2-1-3-4/h5,7-8,11-12,17-18,23H,6,9-10,13-16,19H2,1-4H3,(H,31,32,33);3,5-6,9,14H,4,7-8,10H2,1-2H3;3,5-6,10,14,19H,4,7-9H2,1-2H3,(H,20,21,22);3-5,7,16H,6H2,1-2H3;3-4,9H,5-8,13H2,1-2H3;4H,1-3,5H2. The molecule has 8 heterocycles. The van der Waals surface area contributed by atoms with Gasteiger partial charge < -0.3 is 61.8 Å². The molecule has 0 radical (unpaired) electrons. The third kappa shape index (κ3) is 22.6. The summed E-state index contributed by atoms with van der Waals surface area (Å²) >= 11 is 23.6. The minimum Gasteiger partial charge on any atom is -0.495 e. The van der Waals surface area contributed by atoms with Gasteiger partial charge in [0.2, 0.25) is 21.8 Å². The Bertz CT molecular complexity index is 5270. The molecule has 4 saturated carbocycles. The molecule has 4 aromatic heterocycles. The van der Waals surface area contributed by atoms with Gasteiger partial charge in [0, 0.05) is 172 Å². The van der Waals surface area contributed by atoms with E-state index in [0.29, 0.717) is 66.7 Å². The molecule has 18 rings (SSSR count). The summed E-state index contributed by atoms with van der Waals surface area (Å²) in [5, 5.41) is 14.7. The Kier molecular flexibility index (Phi) is 31.2. The van der Waals surface area contributed by atoms with E-state index < -0.39 is 0 Å². The lowest BCUT2D eigenvalue weighted by Crippen LogP contribution is -2.54. The van der Waals surface area contributed by atoms with Crippen LogP contribution in [0.15, 0.2) is 134 Å². The first-order chi connectivity index (χ1) is 59.8. The first kappa shape index (κ1) is 91.1. The Morgan fingerprint density at radius 1 is 0.460 bits per heavy atom. The van der Waals surface area contributed by atoms with E-state index in [4.69, 9.17) is 72.3 Å². The van der Waals surface area contributed by atoms with Crippen LogP contribution >= 0.6 is 46.4 Å². The zero-order chi connectivity index (χ0) is 87.8. The molecule has 2 saturated heterocycles. The first-order valence-electron chi connectivity index (χ1n) is 43.1. The predicted molar refractivity (Wildman–Crippen MR) is 506 cm³/mol. The van der Waals surface area contributed by atoms with Crippen molar-refractivity contribution < 1.29 is 19.1 Å². The minimum atomic E-state index is -0.0145. The molecule has 30 heteroatoms. The molecule has 6 fully saturated rings. The van der Waals surface area contributed by atoms with Crippen LogP contribution < -0.4 is 71.6 Å². The number of hydrogen-bond donors (Lipinski definition) is 6. The summed E-state index contributed by atoms with van der Waals surface area (Å²) in [5.41, 5.74) is 32.2. The van der Waals surface area contributed by atoms with Gasteiger partial charge in [-0.2, -0.15) is 9.97 Å². The summed E-state index contributed by atoms with van der Waals surface area (Å²) in [6.07, 6.45) is 20.9. The maximum absolute atomic E-state index is 13.9. The van der Waals surface area contributed by atoms with Crippen LogP contribution in [0.5, 0.6) is 11.5 Å². The largest absolute Gasteiger partial charge is 0.495 e. The van der Waals surface area contributed by atoms with Crippen LogP contribution in [0.4, 0.5) is 78.5 Å².